The lowest BCUT2D eigenvalue weighted by molar-refractivity contribution is -0.137. The number of rotatable bonds is 2. The van der Waals surface area contributed by atoms with Gasteiger partial charge in [0, 0.05) is 11.7 Å². The van der Waals surface area contributed by atoms with E-state index in [9.17, 15) is 13.2 Å². The molecule has 0 amide bonds. The third-order valence-electron chi connectivity index (χ3n) is 2.38. The maximum atomic E-state index is 12.3. The molecule has 6 heteroatoms. The average molecular weight is 260 g/mol. The van der Waals surface area contributed by atoms with Crippen molar-refractivity contribution in [2.45, 2.75) is 25.1 Å². The molecule has 2 nitrogen and oxygen atoms in total. The van der Waals surface area contributed by atoms with Crippen molar-refractivity contribution in [2.75, 3.05) is 5.32 Å². The van der Waals surface area contributed by atoms with Crippen LogP contribution in [0.4, 0.5) is 18.9 Å². The standard InChI is InChI=1S/C11H11F3N2S/c12-11(13,14)7-1-3-8(4-2-7)15-10(17)16-9-5-6-9/h1-4,9H,5-6H2,(H2,15,16,17). The van der Waals surface area contributed by atoms with Gasteiger partial charge in [-0.1, -0.05) is 0 Å². The van der Waals surface area contributed by atoms with Crippen LogP contribution < -0.4 is 10.6 Å². The molecule has 0 aromatic heterocycles. The quantitative estimate of drug-likeness (QED) is 0.799. The summed E-state index contributed by atoms with van der Waals surface area (Å²) in [6, 6.07) is 5.21. The molecule has 1 aliphatic carbocycles. The minimum Gasteiger partial charge on any atom is -0.360 e. The smallest absolute Gasteiger partial charge is 0.360 e. The molecule has 1 fully saturated rings. The van der Waals surface area contributed by atoms with Crippen molar-refractivity contribution < 1.29 is 13.2 Å². The van der Waals surface area contributed by atoms with E-state index < -0.39 is 11.7 Å². The van der Waals surface area contributed by atoms with Gasteiger partial charge >= 0.3 is 6.18 Å². The summed E-state index contributed by atoms with van der Waals surface area (Å²) in [5.41, 5.74) is -0.111. The van der Waals surface area contributed by atoms with Crippen LogP contribution in [0.3, 0.4) is 0 Å². The molecule has 0 unspecified atom stereocenters. The van der Waals surface area contributed by atoms with Crippen molar-refractivity contribution in [3.8, 4) is 0 Å². The molecule has 0 aliphatic heterocycles. The van der Waals surface area contributed by atoms with Crippen LogP contribution in [-0.4, -0.2) is 11.2 Å². The first-order valence-corrected chi connectivity index (χ1v) is 5.61. The Kier molecular flexibility index (Phi) is 3.24. The summed E-state index contributed by atoms with van der Waals surface area (Å²) in [5.74, 6) is 0. The van der Waals surface area contributed by atoms with Gasteiger partial charge < -0.3 is 10.6 Å². The Morgan fingerprint density at radius 1 is 1.18 bits per heavy atom. The highest BCUT2D eigenvalue weighted by molar-refractivity contribution is 7.80. The number of halogens is 3. The molecular formula is C11H11F3N2S. The lowest BCUT2D eigenvalue weighted by Gasteiger charge is -2.11. The van der Waals surface area contributed by atoms with E-state index >= 15 is 0 Å². The Morgan fingerprint density at radius 3 is 2.24 bits per heavy atom. The van der Waals surface area contributed by atoms with Gasteiger partial charge in [-0.2, -0.15) is 13.2 Å². The van der Waals surface area contributed by atoms with Crippen LogP contribution in [0.1, 0.15) is 18.4 Å². The Hall–Kier alpha value is -1.30. The Balaban J connectivity index is 1.95. The zero-order valence-electron chi connectivity index (χ0n) is 8.84. The predicted molar refractivity (Wildman–Crippen MR) is 63.8 cm³/mol. The van der Waals surface area contributed by atoms with Crippen molar-refractivity contribution in [1.29, 1.82) is 0 Å². The van der Waals surface area contributed by atoms with Gasteiger partial charge in [-0.15, -0.1) is 0 Å². The van der Waals surface area contributed by atoms with Crippen LogP contribution in [0.15, 0.2) is 24.3 Å². The molecule has 0 radical (unpaired) electrons. The number of alkyl halides is 3. The minimum absolute atomic E-state index is 0.421. The molecule has 1 aromatic rings. The molecule has 17 heavy (non-hydrogen) atoms. The summed E-state index contributed by atoms with van der Waals surface area (Å²) in [7, 11) is 0. The molecule has 0 bridgehead atoms. The Morgan fingerprint density at radius 2 is 1.76 bits per heavy atom. The number of hydrogen-bond donors (Lipinski definition) is 2. The first kappa shape index (κ1) is 12.2. The zero-order chi connectivity index (χ0) is 12.5. The number of nitrogens with one attached hydrogen (secondary N) is 2. The van der Waals surface area contributed by atoms with Gasteiger partial charge in [0.15, 0.2) is 5.11 Å². The van der Waals surface area contributed by atoms with E-state index in [4.69, 9.17) is 12.2 Å². The Labute approximate surface area is 102 Å². The first-order chi connectivity index (χ1) is 7.95. The molecule has 1 aliphatic rings. The lowest BCUT2D eigenvalue weighted by Crippen LogP contribution is -2.30. The topological polar surface area (TPSA) is 24.1 Å². The van der Waals surface area contributed by atoms with Crippen molar-refractivity contribution >= 4 is 23.0 Å². The Bertz CT molecular complexity index is 410. The van der Waals surface area contributed by atoms with Gasteiger partial charge in [0.05, 0.1) is 5.56 Å². The number of hydrogen-bond acceptors (Lipinski definition) is 1. The normalized spacial score (nSPS) is 15.5. The van der Waals surface area contributed by atoms with Crippen molar-refractivity contribution in [3.63, 3.8) is 0 Å². The van der Waals surface area contributed by atoms with E-state index in [1.165, 1.54) is 12.1 Å². The highest BCUT2D eigenvalue weighted by Crippen LogP contribution is 2.29. The highest BCUT2D eigenvalue weighted by Gasteiger charge is 2.30. The molecule has 0 saturated heterocycles. The monoisotopic (exact) mass is 260 g/mol. The van der Waals surface area contributed by atoms with Gasteiger partial charge in [-0.25, -0.2) is 0 Å². The van der Waals surface area contributed by atoms with Gasteiger partial charge in [-0.3, -0.25) is 0 Å². The van der Waals surface area contributed by atoms with Crippen LogP contribution in [0.2, 0.25) is 0 Å². The van der Waals surface area contributed by atoms with Gasteiger partial charge in [-0.05, 0) is 49.3 Å². The average Bonchev–Trinajstić information content (AvgIpc) is 3.01. The van der Waals surface area contributed by atoms with E-state index in [0.717, 1.165) is 25.0 Å². The maximum Gasteiger partial charge on any atom is 0.416 e. The van der Waals surface area contributed by atoms with Crippen molar-refractivity contribution in [2.24, 2.45) is 0 Å². The molecule has 92 valence electrons. The van der Waals surface area contributed by atoms with Crippen molar-refractivity contribution in [1.82, 2.24) is 5.32 Å². The SMILES string of the molecule is FC(F)(F)c1ccc(NC(=S)NC2CC2)cc1. The van der Waals surface area contributed by atoms with Crippen LogP contribution in [0.25, 0.3) is 0 Å². The fraction of sp³-hybridized carbons (Fsp3) is 0.364. The lowest BCUT2D eigenvalue weighted by atomic mass is 10.2. The van der Waals surface area contributed by atoms with Crippen LogP contribution in [-0.2, 0) is 6.18 Å². The number of anilines is 1. The molecule has 0 spiro atoms. The number of benzene rings is 1. The largest absolute Gasteiger partial charge is 0.416 e. The molecule has 1 aromatic carbocycles. The maximum absolute atomic E-state index is 12.3. The third-order valence-corrected chi connectivity index (χ3v) is 2.60. The summed E-state index contributed by atoms with van der Waals surface area (Å²) < 4.78 is 36.9. The van der Waals surface area contributed by atoms with E-state index in [1.54, 1.807) is 0 Å². The molecular weight excluding hydrogens is 249 g/mol. The summed E-state index contributed by atoms with van der Waals surface area (Å²) in [6.45, 7) is 0. The van der Waals surface area contributed by atoms with Gasteiger partial charge in [0.25, 0.3) is 0 Å². The number of thiocarbonyl (C=S) groups is 1. The molecule has 0 atom stereocenters. The molecule has 2 rings (SSSR count). The van der Waals surface area contributed by atoms with Gasteiger partial charge in [0.1, 0.15) is 0 Å². The third kappa shape index (κ3) is 3.59. The van der Waals surface area contributed by atoms with E-state index in [1.807, 2.05) is 0 Å². The fourth-order valence-corrected chi connectivity index (χ4v) is 1.61. The second kappa shape index (κ2) is 4.52. The predicted octanol–water partition coefficient (Wildman–Crippen LogP) is 3.15. The zero-order valence-corrected chi connectivity index (χ0v) is 9.66. The van der Waals surface area contributed by atoms with Crippen LogP contribution in [0, 0.1) is 0 Å². The molecule has 1 saturated carbocycles. The fourth-order valence-electron chi connectivity index (χ4n) is 1.32. The minimum atomic E-state index is -4.30. The van der Waals surface area contributed by atoms with E-state index in [2.05, 4.69) is 10.6 Å². The highest BCUT2D eigenvalue weighted by atomic mass is 32.1. The van der Waals surface area contributed by atoms with Gasteiger partial charge in [0.2, 0.25) is 0 Å². The summed E-state index contributed by atoms with van der Waals surface area (Å²) >= 11 is 5.01. The van der Waals surface area contributed by atoms with Crippen LogP contribution >= 0.6 is 12.2 Å². The summed E-state index contributed by atoms with van der Waals surface area (Å²) in [5, 5.41) is 6.34. The van der Waals surface area contributed by atoms with Crippen molar-refractivity contribution in [3.05, 3.63) is 29.8 Å². The van der Waals surface area contributed by atoms with E-state index in [-0.39, 0.29) is 0 Å². The molecule has 2 N–H and O–H groups in total. The first-order valence-electron chi connectivity index (χ1n) is 5.20. The molecule has 0 heterocycles. The summed E-state index contributed by atoms with van der Waals surface area (Å²) in [6.07, 6.45) is -2.12. The van der Waals surface area contributed by atoms with E-state index in [0.29, 0.717) is 16.8 Å². The second-order valence-corrected chi connectivity index (χ2v) is 4.36. The second-order valence-electron chi connectivity index (χ2n) is 3.95. The van der Waals surface area contributed by atoms with Crippen LogP contribution in [0.5, 0.6) is 0 Å². The summed E-state index contributed by atoms with van der Waals surface area (Å²) in [4.78, 5) is 0.